The van der Waals surface area contributed by atoms with Crippen LogP contribution < -0.4 is 15.6 Å². The summed E-state index contributed by atoms with van der Waals surface area (Å²) in [4.78, 5) is 29.4. The van der Waals surface area contributed by atoms with Gasteiger partial charge < -0.3 is 24.8 Å². The molecule has 3 aromatic rings. The van der Waals surface area contributed by atoms with Crippen molar-refractivity contribution < 1.29 is 14.6 Å². The Balaban J connectivity index is 0.00000274. The summed E-state index contributed by atoms with van der Waals surface area (Å²) in [5.41, 5.74) is 2.52. The Morgan fingerprint density at radius 1 is 1.10 bits per heavy atom. The molecule has 40 heavy (non-hydrogen) atoms. The van der Waals surface area contributed by atoms with Crippen molar-refractivity contribution in [3.63, 3.8) is 0 Å². The molecule has 0 saturated carbocycles. The van der Waals surface area contributed by atoms with Crippen LogP contribution in [0.25, 0.3) is 22.3 Å². The van der Waals surface area contributed by atoms with E-state index >= 15 is 0 Å². The molecule has 0 radical (unpaired) electrons. The zero-order valence-electron chi connectivity index (χ0n) is 25.4. The van der Waals surface area contributed by atoms with Crippen LogP contribution in [0.4, 0.5) is 5.82 Å². The van der Waals surface area contributed by atoms with Gasteiger partial charge in [-0.25, -0.2) is 15.0 Å². The fourth-order valence-corrected chi connectivity index (χ4v) is 4.32. The highest BCUT2D eigenvalue weighted by atomic mass is 16.5. The number of fused-ring (bicyclic) bond motifs is 1. The van der Waals surface area contributed by atoms with E-state index in [1.165, 1.54) is 0 Å². The number of pyridine rings is 2. The normalized spacial score (nSPS) is 11.4. The molecule has 0 unspecified atom stereocenters. The molecule has 0 saturated heterocycles. The van der Waals surface area contributed by atoms with Crippen LogP contribution in [0.15, 0.2) is 35.4 Å². The third kappa shape index (κ3) is 9.53. The van der Waals surface area contributed by atoms with Crippen molar-refractivity contribution >= 4 is 17.0 Å². The van der Waals surface area contributed by atoms with Crippen molar-refractivity contribution in [1.29, 1.82) is 0 Å². The Kier molecular flexibility index (Phi) is 14.0. The van der Waals surface area contributed by atoms with Crippen molar-refractivity contribution in [1.82, 2.24) is 24.4 Å². The lowest BCUT2D eigenvalue weighted by Crippen LogP contribution is -2.40. The molecule has 0 spiro atoms. The average Bonchev–Trinajstić information content (AvgIpc) is 2.98. The van der Waals surface area contributed by atoms with Crippen LogP contribution in [-0.2, 0) is 11.3 Å². The van der Waals surface area contributed by atoms with Crippen LogP contribution in [0, 0.1) is 5.41 Å². The number of nitrogens with one attached hydrogen (secondary N) is 1. The summed E-state index contributed by atoms with van der Waals surface area (Å²) in [6, 6.07) is 5.63. The molecule has 0 bridgehead atoms. The second kappa shape index (κ2) is 16.9. The minimum Gasteiger partial charge on any atom is -0.481 e. The fraction of sp³-hybridized carbons (Fsp3) is 0.600. The molecule has 222 valence electrons. The molecule has 10 heteroatoms. The van der Waals surface area contributed by atoms with Gasteiger partial charge in [0.05, 0.1) is 19.2 Å². The van der Waals surface area contributed by atoms with Gasteiger partial charge in [0.2, 0.25) is 5.88 Å². The number of ether oxygens (including phenoxy) is 2. The van der Waals surface area contributed by atoms with Gasteiger partial charge in [-0.2, -0.15) is 0 Å². The number of aliphatic hydroxyl groups is 1. The maximum Gasteiger partial charge on any atom is 0.293 e. The Labute approximate surface area is 238 Å². The van der Waals surface area contributed by atoms with Crippen molar-refractivity contribution in [3.05, 3.63) is 40.9 Å². The van der Waals surface area contributed by atoms with Crippen LogP contribution >= 0.6 is 0 Å². The molecular formula is C30H48N6O4. The van der Waals surface area contributed by atoms with Crippen LogP contribution in [0.2, 0.25) is 0 Å². The predicted octanol–water partition coefficient (Wildman–Crippen LogP) is 4.46. The topological polar surface area (TPSA) is 115 Å². The summed E-state index contributed by atoms with van der Waals surface area (Å²) in [5.74, 6) is 0.814. The first-order valence-electron chi connectivity index (χ1n) is 14.4. The van der Waals surface area contributed by atoms with Crippen LogP contribution in [0.5, 0.6) is 5.88 Å². The quantitative estimate of drug-likeness (QED) is 0.247. The zero-order valence-corrected chi connectivity index (χ0v) is 25.4. The van der Waals surface area contributed by atoms with Crippen LogP contribution in [0.3, 0.4) is 0 Å². The van der Waals surface area contributed by atoms with E-state index in [0.29, 0.717) is 43.3 Å². The first-order valence-corrected chi connectivity index (χ1v) is 14.4. The number of anilines is 1. The SMILES string of the molecule is CC.CCCOCCn1c(=O)c(NCC(C)(C)CN(CC)CCCO)nc2ncc(-c3ccc(OC)nc3)cc21. The second-order valence-corrected chi connectivity index (χ2v) is 10.1. The lowest BCUT2D eigenvalue weighted by molar-refractivity contribution is 0.127. The molecule has 0 aliphatic heterocycles. The van der Waals surface area contributed by atoms with E-state index in [0.717, 1.165) is 43.6 Å². The second-order valence-electron chi connectivity index (χ2n) is 10.1. The number of aliphatic hydroxyl groups excluding tert-OH is 1. The van der Waals surface area contributed by atoms with E-state index in [-0.39, 0.29) is 23.4 Å². The molecule has 0 atom stereocenters. The van der Waals surface area contributed by atoms with E-state index in [9.17, 15) is 9.90 Å². The van der Waals surface area contributed by atoms with Crippen LogP contribution in [-0.4, -0.2) is 82.6 Å². The summed E-state index contributed by atoms with van der Waals surface area (Å²) in [7, 11) is 1.58. The Morgan fingerprint density at radius 2 is 1.85 bits per heavy atom. The lowest BCUT2D eigenvalue weighted by atomic mass is 9.92. The largest absolute Gasteiger partial charge is 0.481 e. The molecule has 0 aliphatic rings. The minimum atomic E-state index is -0.201. The molecule has 0 aromatic carbocycles. The highest BCUT2D eigenvalue weighted by Crippen LogP contribution is 2.24. The van der Waals surface area contributed by atoms with Crippen molar-refractivity contribution in [2.45, 2.75) is 60.9 Å². The molecule has 0 aliphatic carbocycles. The molecule has 10 nitrogen and oxygen atoms in total. The van der Waals surface area contributed by atoms with E-state index < -0.39 is 0 Å². The number of aromatic nitrogens is 4. The van der Waals surface area contributed by atoms with Gasteiger partial charge in [0.1, 0.15) is 0 Å². The average molecular weight is 557 g/mol. The fourth-order valence-electron chi connectivity index (χ4n) is 4.32. The zero-order chi connectivity index (χ0) is 29.5. The minimum absolute atomic E-state index is 0.123. The van der Waals surface area contributed by atoms with Gasteiger partial charge in [-0.15, -0.1) is 0 Å². The Bertz CT molecular complexity index is 1210. The molecule has 0 amide bonds. The Morgan fingerprint density at radius 3 is 2.48 bits per heavy atom. The summed E-state index contributed by atoms with van der Waals surface area (Å²) in [6.07, 6.45) is 5.13. The van der Waals surface area contributed by atoms with Gasteiger partial charge in [-0.1, -0.05) is 41.5 Å². The number of hydrogen-bond donors (Lipinski definition) is 2. The monoisotopic (exact) mass is 556 g/mol. The van der Waals surface area contributed by atoms with E-state index in [2.05, 4.69) is 52.9 Å². The van der Waals surface area contributed by atoms with E-state index in [1.54, 1.807) is 30.1 Å². The van der Waals surface area contributed by atoms with Crippen molar-refractivity contribution in [3.8, 4) is 17.0 Å². The number of nitrogens with zero attached hydrogens (tertiary/aromatic N) is 5. The van der Waals surface area contributed by atoms with Crippen molar-refractivity contribution in [2.75, 3.05) is 58.4 Å². The summed E-state index contributed by atoms with van der Waals surface area (Å²) in [5, 5.41) is 12.5. The highest BCUT2D eigenvalue weighted by Gasteiger charge is 2.23. The van der Waals surface area contributed by atoms with Crippen LogP contribution in [0.1, 0.15) is 54.4 Å². The lowest BCUT2D eigenvalue weighted by Gasteiger charge is -2.32. The third-order valence-electron chi connectivity index (χ3n) is 6.36. The van der Waals surface area contributed by atoms with E-state index in [4.69, 9.17) is 9.47 Å². The van der Waals surface area contributed by atoms with Gasteiger partial charge in [0.25, 0.3) is 5.56 Å². The molecule has 3 rings (SSSR count). The molecule has 2 N–H and O–H groups in total. The summed E-state index contributed by atoms with van der Waals surface area (Å²) in [6.45, 7) is 17.3. The number of hydrogen-bond acceptors (Lipinski definition) is 9. The van der Waals surface area contributed by atoms with Crippen molar-refractivity contribution in [2.24, 2.45) is 5.41 Å². The van der Waals surface area contributed by atoms with Gasteiger partial charge in [-0.3, -0.25) is 9.36 Å². The maximum atomic E-state index is 13.6. The first-order chi connectivity index (χ1) is 19.3. The maximum absolute atomic E-state index is 13.6. The molecule has 3 heterocycles. The molecule has 3 aromatic heterocycles. The molecule has 0 fully saturated rings. The van der Waals surface area contributed by atoms with Gasteiger partial charge in [-0.05, 0) is 36.9 Å². The van der Waals surface area contributed by atoms with Gasteiger partial charge in [0.15, 0.2) is 11.5 Å². The smallest absolute Gasteiger partial charge is 0.293 e. The molecular weight excluding hydrogens is 508 g/mol. The third-order valence-corrected chi connectivity index (χ3v) is 6.36. The number of methoxy groups -OCH3 is 1. The summed E-state index contributed by atoms with van der Waals surface area (Å²) >= 11 is 0. The highest BCUT2D eigenvalue weighted by molar-refractivity contribution is 5.78. The van der Waals surface area contributed by atoms with E-state index in [1.807, 2.05) is 26.0 Å². The Hall–Kier alpha value is -3.08. The van der Waals surface area contributed by atoms with Gasteiger partial charge in [0, 0.05) is 69.0 Å². The van der Waals surface area contributed by atoms with Gasteiger partial charge >= 0.3 is 0 Å². The standard InChI is InChI=1S/C28H42N6O4.C2H6/c1-6-14-38-15-12-34-23-16-22(21-9-10-24(37-5)29-17-21)18-30-25(23)32-26(27(34)36)31-19-28(3,4)20-33(7-2)11-8-13-35;1-2/h9-10,16-18,35H,6-8,11-15,19-20H2,1-5H3,(H,30,31,32);1-2H3. The number of rotatable bonds is 16. The first kappa shape index (κ1) is 33.1. The predicted molar refractivity (Wildman–Crippen MR) is 162 cm³/mol. The summed E-state index contributed by atoms with van der Waals surface area (Å²) < 4.78 is 12.6.